The molecule has 0 aliphatic carbocycles. The zero-order chi connectivity index (χ0) is 9.97. The van der Waals surface area contributed by atoms with Crippen LogP contribution >= 0.6 is 0 Å². The van der Waals surface area contributed by atoms with E-state index in [4.69, 9.17) is 10.00 Å². The number of rotatable bonds is 1. The molecule has 0 radical (unpaired) electrons. The van der Waals surface area contributed by atoms with E-state index in [-0.39, 0.29) is 0 Å². The Morgan fingerprint density at radius 1 is 1.57 bits per heavy atom. The van der Waals surface area contributed by atoms with Gasteiger partial charge in [-0.05, 0) is 6.07 Å². The molecule has 2 rings (SSSR count). The molecule has 0 aromatic heterocycles. The van der Waals surface area contributed by atoms with Crippen LogP contribution in [0.4, 0.5) is 5.69 Å². The molecule has 1 aliphatic heterocycles. The second kappa shape index (κ2) is 3.59. The van der Waals surface area contributed by atoms with Crippen LogP contribution in [0.2, 0.25) is 0 Å². The largest absolute Gasteiger partial charge is 0.489 e. The first-order valence-electron chi connectivity index (χ1n) is 4.65. The molecule has 0 saturated carbocycles. The van der Waals surface area contributed by atoms with E-state index in [9.17, 15) is 0 Å². The number of likely N-dealkylation sites (N-methyl/N-ethyl adjacent to an activating group) is 1. The van der Waals surface area contributed by atoms with Crippen molar-refractivity contribution in [3.05, 3.63) is 23.8 Å². The van der Waals surface area contributed by atoms with Gasteiger partial charge in [-0.25, -0.2) is 0 Å². The monoisotopic (exact) mass is 188 g/mol. The number of hydrogen-bond acceptors (Lipinski definition) is 3. The Kier molecular flexibility index (Phi) is 2.28. The number of nitrogens with zero attached hydrogens (tertiary/aromatic N) is 2. The van der Waals surface area contributed by atoms with Crippen molar-refractivity contribution < 1.29 is 4.74 Å². The van der Waals surface area contributed by atoms with Crippen molar-refractivity contribution in [1.82, 2.24) is 0 Å². The minimum Gasteiger partial charge on any atom is -0.489 e. The fourth-order valence-electron chi connectivity index (χ4n) is 1.67. The van der Waals surface area contributed by atoms with Gasteiger partial charge in [-0.2, -0.15) is 5.26 Å². The van der Waals surface area contributed by atoms with Crippen molar-refractivity contribution in [1.29, 1.82) is 5.26 Å². The summed E-state index contributed by atoms with van der Waals surface area (Å²) in [5, 5.41) is 8.67. The molecule has 14 heavy (non-hydrogen) atoms. The quantitative estimate of drug-likeness (QED) is 0.671. The van der Waals surface area contributed by atoms with Crippen LogP contribution in [0.3, 0.4) is 0 Å². The van der Waals surface area contributed by atoms with Crippen LogP contribution in [0.5, 0.6) is 5.75 Å². The van der Waals surface area contributed by atoms with Crippen molar-refractivity contribution >= 4 is 5.69 Å². The normalized spacial score (nSPS) is 14.1. The number of fused-ring (bicyclic) bond motifs is 1. The zero-order valence-corrected chi connectivity index (χ0v) is 8.16. The van der Waals surface area contributed by atoms with Gasteiger partial charge in [0, 0.05) is 12.6 Å². The zero-order valence-electron chi connectivity index (χ0n) is 8.16. The van der Waals surface area contributed by atoms with Crippen LogP contribution in [-0.2, 0) is 6.42 Å². The van der Waals surface area contributed by atoms with Crippen molar-refractivity contribution in [3.8, 4) is 11.8 Å². The van der Waals surface area contributed by atoms with Crippen LogP contribution < -0.4 is 9.64 Å². The molecule has 0 unspecified atom stereocenters. The molecule has 0 spiro atoms. The molecule has 0 bridgehead atoms. The Labute approximate surface area is 83.5 Å². The summed E-state index contributed by atoms with van der Waals surface area (Å²) < 4.78 is 5.58. The van der Waals surface area contributed by atoms with Gasteiger partial charge in [-0.15, -0.1) is 0 Å². The van der Waals surface area contributed by atoms with E-state index in [2.05, 4.69) is 11.0 Å². The fourth-order valence-corrected chi connectivity index (χ4v) is 1.67. The van der Waals surface area contributed by atoms with Gasteiger partial charge in [0.1, 0.15) is 12.4 Å². The summed E-state index contributed by atoms with van der Waals surface area (Å²) in [5.41, 5.74) is 2.07. The van der Waals surface area contributed by atoms with E-state index >= 15 is 0 Å². The van der Waals surface area contributed by atoms with E-state index in [0.29, 0.717) is 13.0 Å². The summed E-state index contributed by atoms with van der Waals surface area (Å²) >= 11 is 0. The van der Waals surface area contributed by atoms with Gasteiger partial charge in [-0.3, -0.25) is 0 Å². The van der Waals surface area contributed by atoms with Crippen molar-refractivity contribution in [2.45, 2.75) is 6.42 Å². The van der Waals surface area contributed by atoms with Crippen LogP contribution in [-0.4, -0.2) is 20.2 Å². The molecule has 1 heterocycles. The van der Waals surface area contributed by atoms with E-state index in [0.717, 1.165) is 23.5 Å². The van der Waals surface area contributed by atoms with Gasteiger partial charge in [0.2, 0.25) is 0 Å². The first-order chi connectivity index (χ1) is 6.83. The highest BCUT2D eigenvalue weighted by Gasteiger charge is 2.17. The van der Waals surface area contributed by atoms with Gasteiger partial charge in [0.15, 0.2) is 0 Å². The Hall–Kier alpha value is -1.69. The molecule has 1 aromatic rings. The number of ether oxygens (including phenoxy) is 1. The number of anilines is 1. The Balaban J connectivity index is 2.45. The molecule has 0 N–H and O–H groups in total. The summed E-state index contributed by atoms with van der Waals surface area (Å²) in [4.78, 5) is 2.15. The number of benzene rings is 1. The van der Waals surface area contributed by atoms with Gasteiger partial charge >= 0.3 is 0 Å². The number of hydrogen-bond donors (Lipinski definition) is 0. The lowest BCUT2D eigenvalue weighted by atomic mass is 10.1. The van der Waals surface area contributed by atoms with Gasteiger partial charge in [0.05, 0.1) is 24.7 Å². The van der Waals surface area contributed by atoms with Crippen molar-refractivity contribution in [3.63, 3.8) is 0 Å². The predicted molar refractivity (Wildman–Crippen MR) is 54.5 cm³/mol. The van der Waals surface area contributed by atoms with Gasteiger partial charge < -0.3 is 9.64 Å². The molecule has 3 heteroatoms. The lowest BCUT2D eigenvalue weighted by Gasteiger charge is -2.28. The SMILES string of the molecule is CN1CCOc2c(CC#N)cccc21. The molecule has 0 fully saturated rings. The second-order valence-corrected chi connectivity index (χ2v) is 3.37. The third-order valence-electron chi connectivity index (χ3n) is 2.43. The maximum Gasteiger partial charge on any atom is 0.146 e. The van der Waals surface area contributed by atoms with E-state index < -0.39 is 0 Å². The highest BCUT2D eigenvalue weighted by molar-refractivity contribution is 5.63. The lowest BCUT2D eigenvalue weighted by Crippen LogP contribution is -2.29. The smallest absolute Gasteiger partial charge is 0.146 e. The molecule has 0 amide bonds. The molecular weight excluding hydrogens is 176 g/mol. The molecule has 3 nitrogen and oxygen atoms in total. The highest BCUT2D eigenvalue weighted by Crippen LogP contribution is 2.34. The Morgan fingerprint density at radius 2 is 2.43 bits per heavy atom. The van der Waals surface area contributed by atoms with Crippen molar-refractivity contribution in [2.75, 3.05) is 25.1 Å². The second-order valence-electron chi connectivity index (χ2n) is 3.37. The maximum atomic E-state index is 8.67. The third kappa shape index (κ3) is 1.39. The average molecular weight is 188 g/mol. The van der Waals surface area contributed by atoms with Gasteiger partial charge in [0.25, 0.3) is 0 Å². The lowest BCUT2D eigenvalue weighted by molar-refractivity contribution is 0.308. The van der Waals surface area contributed by atoms with Crippen molar-refractivity contribution in [2.24, 2.45) is 0 Å². The van der Waals surface area contributed by atoms with Crippen LogP contribution in [0, 0.1) is 11.3 Å². The summed E-state index contributed by atoms with van der Waals surface area (Å²) in [5.74, 6) is 0.878. The molecule has 0 atom stereocenters. The molecule has 1 aromatic carbocycles. The Morgan fingerprint density at radius 3 is 3.21 bits per heavy atom. The number of para-hydroxylation sites is 1. The minimum absolute atomic E-state index is 0.414. The molecule has 1 aliphatic rings. The number of nitriles is 1. The summed E-state index contributed by atoms with van der Waals surface area (Å²) in [7, 11) is 2.04. The predicted octanol–water partition coefficient (Wildman–Crippen LogP) is 1.58. The minimum atomic E-state index is 0.414. The topological polar surface area (TPSA) is 36.3 Å². The summed E-state index contributed by atoms with van der Waals surface area (Å²) in [6.45, 7) is 1.61. The van der Waals surface area contributed by atoms with Crippen LogP contribution in [0.1, 0.15) is 5.56 Å². The van der Waals surface area contributed by atoms with Crippen LogP contribution in [0.15, 0.2) is 18.2 Å². The van der Waals surface area contributed by atoms with E-state index in [1.165, 1.54) is 0 Å². The third-order valence-corrected chi connectivity index (χ3v) is 2.43. The maximum absolute atomic E-state index is 8.67. The fraction of sp³-hybridized carbons (Fsp3) is 0.364. The Bertz CT molecular complexity index is 381. The molecule has 0 saturated heterocycles. The van der Waals surface area contributed by atoms with Crippen LogP contribution in [0.25, 0.3) is 0 Å². The molecular formula is C11H12N2O. The first kappa shape index (κ1) is 8.89. The molecule has 72 valence electrons. The summed E-state index contributed by atoms with van der Waals surface area (Å²) in [6.07, 6.45) is 0.414. The average Bonchev–Trinajstić information content (AvgIpc) is 2.20. The summed E-state index contributed by atoms with van der Waals surface area (Å²) in [6, 6.07) is 8.09. The van der Waals surface area contributed by atoms with E-state index in [1.54, 1.807) is 0 Å². The van der Waals surface area contributed by atoms with E-state index in [1.807, 2.05) is 25.2 Å². The van der Waals surface area contributed by atoms with Gasteiger partial charge in [-0.1, -0.05) is 12.1 Å². The standard InChI is InChI=1S/C11H12N2O/c1-13-7-8-14-11-9(5-6-12)3-2-4-10(11)13/h2-4H,5,7-8H2,1H3. The highest BCUT2D eigenvalue weighted by atomic mass is 16.5. The first-order valence-corrected chi connectivity index (χ1v) is 4.65.